The second-order valence-electron chi connectivity index (χ2n) is 9.52. The van der Waals surface area contributed by atoms with Crippen molar-refractivity contribution >= 4 is 17.0 Å². The lowest BCUT2D eigenvalue weighted by Gasteiger charge is -2.28. The van der Waals surface area contributed by atoms with Gasteiger partial charge in [0.1, 0.15) is 11.4 Å². The quantitative estimate of drug-likeness (QED) is 0.286. The molecule has 1 atom stereocenters. The molecule has 0 fully saturated rings. The molecule has 1 aliphatic rings. The number of aromatic nitrogens is 3. The molecule has 188 valence electrons. The number of carbonyl (C=O) groups is 1. The molecule has 0 bridgehead atoms. The number of nitrogens with zero attached hydrogens (tertiary/aromatic N) is 2. The minimum atomic E-state index is -3.09. The van der Waals surface area contributed by atoms with Crippen LogP contribution < -0.4 is 5.76 Å². The summed E-state index contributed by atoms with van der Waals surface area (Å²) in [6.07, 6.45) is 5.56. The van der Waals surface area contributed by atoms with Crippen molar-refractivity contribution in [1.82, 2.24) is 20.1 Å². The summed E-state index contributed by atoms with van der Waals surface area (Å²) in [5.41, 5.74) is 4.21. The van der Waals surface area contributed by atoms with E-state index in [2.05, 4.69) is 22.1 Å². The summed E-state index contributed by atoms with van der Waals surface area (Å²) in [5.74, 6) is -4.24. The van der Waals surface area contributed by atoms with E-state index in [0.29, 0.717) is 33.5 Å². The summed E-state index contributed by atoms with van der Waals surface area (Å²) < 4.78 is 33.7. The third kappa shape index (κ3) is 4.45. The lowest BCUT2D eigenvalue weighted by atomic mass is 9.94. The van der Waals surface area contributed by atoms with Gasteiger partial charge in [-0.3, -0.25) is 14.9 Å². The maximum atomic E-state index is 14.2. The number of carbonyl (C=O) groups excluding carboxylic acids is 1. The van der Waals surface area contributed by atoms with E-state index < -0.39 is 30.2 Å². The molecular formula is C27H28F2N4O3. The first-order valence-corrected chi connectivity index (χ1v) is 12.2. The van der Waals surface area contributed by atoms with Crippen LogP contribution in [0.25, 0.3) is 22.4 Å². The van der Waals surface area contributed by atoms with Crippen molar-refractivity contribution in [3.8, 4) is 11.3 Å². The molecule has 2 aromatic heterocycles. The largest absolute Gasteiger partial charge is 0.417 e. The number of hydrogen-bond acceptors (Lipinski definition) is 4. The van der Waals surface area contributed by atoms with Gasteiger partial charge in [-0.15, -0.1) is 0 Å². The molecule has 2 aromatic carbocycles. The maximum Gasteiger partial charge on any atom is 0.417 e. The van der Waals surface area contributed by atoms with Crippen LogP contribution in [-0.4, -0.2) is 38.5 Å². The molecule has 0 radical (unpaired) electrons. The number of unbranched alkanes of at least 4 members (excludes halogenated alkanes) is 3. The summed E-state index contributed by atoms with van der Waals surface area (Å²) in [7, 11) is 0. The van der Waals surface area contributed by atoms with Gasteiger partial charge in [0.15, 0.2) is 5.58 Å². The highest BCUT2D eigenvalue weighted by molar-refractivity contribution is 6.01. The van der Waals surface area contributed by atoms with Crippen molar-refractivity contribution in [2.75, 3.05) is 6.54 Å². The lowest BCUT2D eigenvalue weighted by molar-refractivity contribution is -0.0147. The minimum Gasteiger partial charge on any atom is -0.407 e. The summed E-state index contributed by atoms with van der Waals surface area (Å²) >= 11 is 0. The van der Waals surface area contributed by atoms with Gasteiger partial charge in [-0.25, -0.2) is 13.6 Å². The van der Waals surface area contributed by atoms with Gasteiger partial charge < -0.3 is 9.32 Å². The zero-order chi connectivity index (χ0) is 25.4. The molecule has 7 nitrogen and oxygen atoms in total. The van der Waals surface area contributed by atoms with E-state index in [0.717, 1.165) is 31.7 Å². The third-order valence-electron chi connectivity index (χ3n) is 6.63. The van der Waals surface area contributed by atoms with E-state index in [1.807, 2.05) is 24.3 Å². The topological polar surface area (TPSA) is 95.0 Å². The van der Waals surface area contributed by atoms with Gasteiger partial charge in [0.05, 0.1) is 18.1 Å². The summed E-state index contributed by atoms with van der Waals surface area (Å²) in [5, 5.41) is 7.12. The van der Waals surface area contributed by atoms with Crippen LogP contribution in [0.5, 0.6) is 0 Å². The van der Waals surface area contributed by atoms with Crippen LogP contribution in [0.1, 0.15) is 72.8 Å². The highest BCUT2D eigenvalue weighted by atomic mass is 19.3. The van der Waals surface area contributed by atoms with Crippen molar-refractivity contribution in [3.63, 3.8) is 0 Å². The highest BCUT2D eigenvalue weighted by Crippen LogP contribution is 2.44. The van der Waals surface area contributed by atoms with Crippen LogP contribution in [0, 0.1) is 0 Å². The highest BCUT2D eigenvalue weighted by Gasteiger charge is 2.45. The van der Waals surface area contributed by atoms with Gasteiger partial charge in [0.2, 0.25) is 0 Å². The molecule has 3 heterocycles. The first kappa shape index (κ1) is 24.0. The van der Waals surface area contributed by atoms with Crippen molar-refractivity contribution < 1.29 is 18.0 Å². The lowest BCUT2D eigenvalue weighted by Crippen LogP contribution is -2.38. The summed E-state index contributed by atoms with van der Waals surface area (Å²) in [6.45, 7) is 2.24. The number of amides is 1. The summed E-state index contributed by atoms with van der Waals surface area (Å²) in [4.78, 5) is 28.9. The molecule has 36 heavy (non-hydrogen) atoms. The number of oxazole rings is 1. The average molecular weight is 495 g/mol. The molecule has 9 heteroatoms. The zero-order valence-electron chi connectivity index (χ0n) is 20.2. The molecule has 1 aliphatic heterocycles. The predicted molar refractivity (Wildman–Crippen MR) is 132 cm³/mol. The van der Waals surface area contributed by atoms with Gasteiger partial charge in [-0.1, -0.05) is 56.5 Å². The molecule has 0 saturated heterocycles. The van der Waals surface area contributed by atoms with E-state index >= 15 is 0 Å². The van der Waals surface area contributed by atoms with Gasteiger partial charge in [0, 0.05) is 18.1 Å². The first-order valence-electron chi connectivity index (χ1n) is 12.2. The van der Waals surface area contributed by atoms with Crippen molar-refractivity contribution in [3.05, 3.63) is 75.4 Å². The molecule has 2 N–H and O–H groups in total. The Hall–Kier alpha value is -3.75. The molecule has 0 aliphatic carbocycles. The number of rotatable bonds is 9. The fraction of sp³-hybridized carbons (Fsp3) is 0.370. The Bertz CT molecular complexity index is 1450. The molecule has 1 unspecified atom stereocenters. The zero-order valence-corrected chi connectivity index (χ0v) is 20.2. The SMILES string of the molecule is CCCCCCc1ccc(C2c3c(-c4cccc5[nH]c(=O)oc45)n[nH]c3C(=O)N2CC(C)(F)F)cc1. The number of fused-ring (bicyclic) bond motifs is 2. The maximum absolute atomic E-state index is 14.2. The van der Waals surface area contributed by atoms with Gasteiger partial charge >= 0.3 is 5.76 Å². The van der Waals surface area contributed by atoms with Gasteiger partial charge in [-0.2, -0.15) is 5.10 Å². The standard InChI is InChI=1S/C27H28F2N4O3/c1-3-4-5-6-8-16-11-13-17(14-12-16)23-20-21(18-9-7-10-19-24(18)36-26(35)30-19)31-32-22(20)25(34)33(23)15-27(2,28)29/h7,9-14,23H,3-6,8,15H2,1-2H3,(H,30,35)(H,31,32). The van der Waals surface area contributed by atoms with Crippen LogP contribution in [0.2, 0.25) is 0 Å². The van der Waals surface area contributed by atoms with Crippen LogP contribution in [0.3, 0.4) is 0 Å². The Kier molecular flexibility index (Phi) is 6.24. The van der Waals surface area contributed by atoms with Crippen LogP contribution >= 0.6 is 0 Å². The van der Waals surface area contributed by atoms with Gasteiger partial charge in [0.25, 0.3) is 11.8 Å². The van der Waals surface area contributed by atoms with E-state index in [-0.39, 0.29) is 5.69 Å². The Labute approximate surface area is 206 Å². The molecule has 0 saturated carbocycles. The molecule has 4 aromatic rings. The monoisotopic (exact) mass is 494 g/mol. The average Bonchev–Trinajstić information content (AvgIpc) is 3.50. The van der Waals surface area contributed by atoms with Crippen molar-refractivity contribution in [2.45, 2.75) is 57.9 Å². The van der Waals surface area contributed by atoms with Crippen LogP contribution in [0.15, 0.2) is 51.7 Å². The second kappa shape index (κ2) is 9.37. The number of aromatic amines is 2. The third-order valence-corrected chi connectivity index (χ3v) is 6.63. The molecule has 5 rings (SSSR count). The Morgan fingerprint density at radius 2 is 1.86 bits per heavy atom. The minimum absolute atomic E-state index is 0.165. The van der Waals surface area contributed by atoms with E-state index in [1.165, 1.54) is 17.7 Å². The van der Waals surface area contributed by atoms with Crippen LogP contribution in [0.4, 0.5) is 8.78 Å². The normalized spacial score (nSPS) is 15.7. The van der Waals surface area contributed by atoms with E-state index in [1.54, 1.807) is 18.2 Å². The number of benzene rings is 2. The fourth-order valence-corrected chi connectivity index (χ4v) is 4.99. The Morgan fingerprint density at radius 1 is 1.08 bits per heavy atom. The van der Waals surface area contributed by atoms with Crippen molar-refractivity contribution in [1.29, 1.82) is 0 Å². The number of alkyl halides is 2. The number of para-hydroxylation sites is 1. The number of hydrogen-bond donors (Lipinski definition) is 2. The smallest absolute Gasteiger partial charge is 0.407 e. The first-order chi connectivity index (χ1) is 17.3. The van der Waals surface area contributed by atoms with Crippen molar-refractivity contribution in [2.24, 2.45) is 0 Å². The van der Waals surface area contributed by atoms with Gasteiger partial charge in [-0.05, 0) is 36.1 Å². The number of halogens is 2. The Morgan fingerprint density at radius 3 is 2.58 bits per heavy atom. The van der Waals surface area contributed by atoms with E-state index in [9.17, 15) is 18.4 Å². The summed E-state index contributed by atoms with van der Waals surface area (Å²) in [6, 6.07) is 12.2. The molecule has 0 spiro atoms. The molecule has 1 amide bonds. The second-order valence-corrected chi connectivity index (χ2v) is 9.52. The number of nitrogens with one attached hydrogen (secondary N) is 2. The fourth-order valence-electron chi connectivity index (χ4n) is 4.99. The number of H-pyrrole nitrogens is 2. The van der Waals surface area contributed by atoms with Crippen LogP contribution in [-0.2, 0) is 6.42 Å². The number of aryl methyl sites for hydroxylation is 1. The molecular weight excluding hydrogens is 466 g/mol. The van der Waals surface area contributed by atoms with E-state index in [4.69, 9.17) is 4.42 Å². The predicted octanol–water partition coefficient (Wildman–Crippen LogP) is 5.83. The Balaban J connectivity index is 1.58.